The van der Waals surface area contributed by atoms with Crippen molar-refractivity contribution in [1.82, 2.24) is 15.3 Å². The average molecular weight is 504 g/mol. The third-order valence-corrected chi connectivity index (χ3v) is 6.95. The van der Waals surface area contributed by atoms with Crippen molar-refractivity contribution in [3.05, 3.63) is 96.8 Å². The normalized spacial score (nSPS) is 13.2. The summed E-state index contributed by atoms with van der Waals surface area (Å²) in [5.41, 5.74) is 5.52. The number of hydrogen-bond donors (Lipinski definition) is 3. The van der Waals surface area contributed by atoms with E-state index in [0.717, 1.165) is 64.2 Å². The van der Waals surface area contributed by atoms with E-state index in [-0.39, 0.29) is 6.03 Å². The molecular weight excluding hydrogens is 474 g/mol. The molecule has 1 aliphatic carbocycles. The number of amides is 2. The molecule has 6 rings (SSSR count). The van der Waals surface area contributed by atoms with Gasteiger partial charge in [-0.25, -0.2) is 14.8 Å². The smallest absolute Gasteiger partial charge is 0.319 e. The van der Waals surface area contributed by atoms with Crippen LogP contribution in [0.25, 0.3) is 33.6 Å². The summed E-state index contributed by atoms with van der Waals surface area (Å²) >= 11 is 0. The summed E-state index contributed by atoms with van der Waals surface area (Å²) in [6.45, 7) is 0.682. The van der Waals surface area contributed by atoms with Crippen LogP contribution in [0.15, 0.2) is 95.7 Å². The van der Waals surface area contributed by atoms with Crippen molar-refractivity contribution in [2.45, 2.75) is 31.7 Å². The number of nitrogens with zero attached hydrogens (tertiary/aromatic N) is 2. The molecule has 0 radical (unpaired) electrons. The van der Waals surface area contributed by atoms with Gasteiger partial charge >= 0.3 is 6.03 Å². The van der Waals surface area contributed by atoms with Gasteiger partial charge in [-0.05, 0) is 48.9 Å². The molecule has 0 atom stereocenters. The minimum absolute atomic E-state index is 0.138. The van der Waals surface area contributed by atoms with Crippen LogP contribution in [-0.2, 0) is 6.42 Å². The Balaban J connectivity index is 1.20. The number of urea groups is 1. The van der Waals surface area contributed by atoms with Crippen molar-refractivity contribution in [2.24, 2.45) is 0 Å². The van der Waals surface area contributed by atoms with Crippen LogP contribution in [0.1, 0.15) is 24.8 Å². The quantitative estimate of drug-likeness (QED) is 0.215. The number of fused-ring (bicyclic) bond motifs is 1. The second-order valence-electron chi connectivity index (χ2n) is 9.54. The number of carbonyl (C=O) groups is 1. The molecule has 7 nitrogen and oxygen atoms in total. The number of anilines is 2. The molecule has 2 amide bonds. The SMILES string of the molecule is O=C(Nc1ccc(CCNc2ncnc3oc(-c4ccccc4)c(-c4ccccc4)c23)cc1)NC1CCC1. The predicted octanol–water partition coefficient (Wildman–Crippen LogP) is 6.89. The molecule has 3 N–H and O–H groups in total. The molecule has 0 spiro atoms. The van der Waals surface area contributed by atoms with Crippen molar-refractivity contribution in [3.8, 4) is 22.5 Å². The number of rotatable bonds is 8. The summed E-state index contributed by atoms with van der Waals surface area (Å²) < 4.78 is 6.29. The zero-order chi connectivity index (χ0) is 25.7. The Bertz CT molecular complexity index is 1530. The topological polar surface area (TPSA) is 92.1 Å². The molecule has 2 heterocycles. The van der Waals surface area contributed by atoms with Crippen LogP contribution in [0.5, 0.6) is 0 Å². The maximum atomic E-state index is 12.1. The van der Waals surface area contributed by atoms with Gasteiger partial charge < -0.3 is 20.4 Å². The molecule has 5 aromatic rings. The number of carbonyl (C=O) groups excluding carboxylic acids is 1. The van der Waals surface area contributed by atoms with Crippen LogP contribution < -0.4 is 16.0 Å². The predicted molar refractivity (Wildman–Crippen MR) is 151 cm³/mol. The van der Waals surface area contributed by atoms with Crippen LogP contribution in [0.2, 0.25) is 0 Å². The maximum absolute atomic E-state index is 12.1. The highest BCUT2D eigenvalue weighted by atomic mass is 16.3. The molecule has 1 saturated carbocycles. The first-order chi connectivity index (χ1) is 18.7. The average Bonchev–Trinajstić information content (AvgIpc) is 3.33. The summed E-state index contributed by atoms with van der Waals surface area (Å²) in [7, 11) is 0. The standard InChI is InChI=1S/C31H29N5O2/c37-31(35-24-12-7-13-24)36-25-16-14-21(15-17-25)18-19-32-29-27-26(22-8-3-1-4-9-22)28(23-10-5-2-6-11-23)38-30(27)34-20-33-29/h1-6,8-11,14-17,20,24H,7,12-13,18-19H2,(H,32,33,34)(H2,35,36,37). The molecule has 0 bridgehead atoms. The lowest BCUT2D eigenvalue weighted by atomic mass is 9.93. The number of aromatic nitrogens is 2. The van der Waals surface area contributed by atoms with Crippen LogP contribution in [-0.4, -0.2) is 28.6 Å². The van der Waals surface area contributed by atoms with Crippen LogP contribution in [0.3, 0.4) is 0 Å². The lowest BCUT2D eigenvalue weighted by Crippen LogP contribution is -2.41. The molecule has 1 aliphatic rings. The number of nitrogens with one attached hydrogen (secondary N) is 3. The molecule has 0 saturated heterocycles. The largest absolute Gasteiger partial charge is 0.437 e. The summed E-state index contributed by atoms with van der Waals surface area (Å²) in [6.07, 6.45) is 5.65. The van der Waals surface area contributed by atoms with E-state index in [4.69, 9.17) is 4.42 Å². The number of furan rings is 1. The van der Waals surface area contributed by atoms with Crippen molar-refractivity contribution in [2.75, 3.05) is 17.2 Å². The lowest BCUT2D eigenvalue weighted by molar-refractivity contribution is 0.240. The molecule has 7 heteroatoms. The maximum Gasteiger partial charge on any atom is 0.319 e. The third-order valence-electron chi connectivity index (χ3n) is 6.95. The van der Waals surface area contributed by atoms with Crippen molar-refractivity contribution in [3.63, 3.8) is 0 Å². The Morgan fingerprint density at radius 1 is 0.868 bits per heavy atom. The third kappa shape index (κ3) is 5.09. The number of benzene rings is 3. The molecule has 0 aliphatic heterocycles. The second kappa shape index (κ2) is 10.8. The van der Waals surface area contributed by atoms with Gasteiger partial charge in [0.25, 0.3) is 0 Å². The van der Waals surface area contributed by atoms with Gasteiger partial charge in [-0.3, -0.25) is 0 Å². The van der Waals surface area contributed by atoms with Gasteiger partial charge in [0, 0.05) is 29.4 Å². The molecule has 1 fully saturated rings. The zero-order valence-corrected chi connectivity index (χ0v) is 21.0. The summed E-state index contributed by atoms with van der Waals surface area (Å²) in [6, 6.07) is 28.4. The minimum atomic E-state index is -0.138. The molecule has 2 aromatic heterocycles. The van der Waals surface area contributed by atoms with Gasteiger partial charge in [0.1, 0.15) is 17.9 Å². The first kappa shape index (κ1) is 23.7. The van der Waals surface area contributed by atoms with Gasteiger partial charge in [-0.15, -0.1) is 0 Å². The van der Waals surface area contributed by atoms with E-state index in [9.17, 15) is 4.79 Å². The van der Waals surface area contributed by atoms with Crippen molar-refractivity contribution < 1.29 is 9.21 Å². The fraction of sp³-hybridized carbons (Fsp3) is 0.194. The van der Waals surface area contributed by atoms with E-state index in [2.05, 4.69) is 38.1 Å². The van der Waals surface area contributed by atoms with Crippen LogP contribution in [0.4, 0.5) is 16.3 Å². The summed E-state index contributed by atoms with van der Waals surface area (Å²) in [4.78, 5) is 21.1. The van der Waals surface area contributed by atoms with E-state index < -0.39 is 0 Å². The molecule has 190 valence electrons. The minimum Gasteiger partial charge on any atom is -0.437 e. The Labute approximate surface area is 221 Å². The molecular formula is C31H29N5O2. The fourth-order valence-corrected chi connectivity index (χ4v) is 4.73. The molecule has 38 heavy (non-hydrogen) atoms. The van der Waals surface area contributed by atoms with E-state index >= 15 is 0 Å². The molecule has 0 unspecified atom stereocenters. The second-order valence-corrected chi connectivity index (χ2v) is 9.54. The van der Waals surface area contributed by atoms with Gasteiger partial charge in [0.15, 0.2) is 0 Å². The first-order valence-corrected chi connectivity index (χ1v) is 13.0. The Hall–Kier alpha value is -4.65. The van der Waals surface area contributed by atoms with E-state index in [1.165, 1.54) is 12.7 Å². The van der Waals surface area contributed by atoms with E-state index in [1.807, 2.05) is 72.8 Å². The van der Waals surface area contributed by atoms with Crippen molar-refractivity contribution >= 4 is 28.6 Å². The Morgan fingerprint density at radius 3 is 2.26 bits per heavy atom. The van der Waals surface area contributed by atoms with E-state index in [0.29, 0.717) is 18.3 Å². The van der Waals surface area contributed by atoms with Gasteiger partial charge in [0.05, 0.1) is 5.39 Å². The Morgan fingerprint density at radius 2 is 1.58 bits per heavy atom. The first-order valence-electron chi connectivity index (χ1n) is 13.0. The summed E-state index contributed by atoms with van der Waals surface area (Å²) in [5, 5.41) is 10.3. The van der Waals surface area contributed by atoms with Gasteiger partial charge in [-0.2, -0.15) is 0 Å². The highest BCUT2D eigenvalue weighted by molar-refractivity contribution is 6.05. The van der Waals surface area contributed by atoms with E-state index in [1.54, 1.807) is 0 Å². The highest BCUT2D eigenvalue weighted by Crippen LogP contribution is 2.42. The summed E-state index contributed by atoms with van der Waals surface area (Å²) in [5.74, 6) is 1.52. The van der Waals surface area contributed by atoms with Crippen LogP contribution >= 0.6 is 0 Å². The van der Waals surface area contributed by atoms with Gasteiger partial charge in [-0.1, -0.05) is 72.8 Å². The Kier molecular flexibility index (Phi) is 6.72. The number of hydrogen-bond acceptors (Lipinski definition) is 5. The highest BCUT2D eigenvalue weighted by Gasteiger charge is 2.22. The fourth-order valence-electron chi connectivity index (χ4n) is 4.73. The van der Waals surface area contributed by atoms with Gasteiger partial charge in [0.2, 0.25) is 5.71 Å². The zero-order valence-electron chi connectivity index (χ0n) is 21.0. The van der Waals surface area contributed by atoms with Crippen LogP contribution in [0, 0.1) is 0 Å². The lowest BCUT2D eigenvalue weighted by Gasteiger charge is -2.26. The monoisotopic (exact) mass is 503 g/mol. The molecule has 3 aromatic carbocycles. The van der Waals surface area contributed by atoms with Crippen molar-refractivity contribution in [1.29, 1.82) is 0 Å².